The highest BCUT2D eigenvalue weighted by Crippen LogP contribution is 2.13. The number of halogens is 1. The summed E-state index contributed by atoms with van der Waals surface area (Å²) in [5.74, 6) is -0.570. The number of carbonyl (C=O) groups excluding carboxylic acids is 2. The third-order valence-electron chi connectivity index (χ3n) is 3.19. The summed E-state index contributed by atoms with van der Waals surface area (Å²) in [5.41, 5.74) is 2.36. The molecule has 0 radical (unpaired) electrons. The van der Waals surface area contributed by atoms with Crippen molar-refractivity contribution in [3.05, 3.63) is 70.2 Å². The fraction of sp³-hybridized carbons (Fsp3) is 0.105. The SMILES string of the molecule is N#CCC(=O)Nc1cccc(CNC(=O)/C=C/c2cccc(Br)c2)c1. The summed E-state index contributed by atoms with van der Waals surface area (Å²) in [6.45, 7) is 0.337. The number of benzene rings is 2. The average molecular weight is 398 g/mol. The standard InChI is InChI=1S/C19H16BrN3O2/c20-16-5-1-3-14(11-16)7-8-18(24)22-13-15-4-2-6-17(12-15)23-19(25)9-10-21/h1-8,11-12H,9,13H2,(H,22,24)(H,23,25)/b8-7+. The van der Waals surface area contributed by atoms with E-state index in [9.17, 15) is 9.59 Å². The molecule has 0 atom stereocenters. The van der Waals surface area contributed by atoms with Crippen LogP contribution in [0.1, 0.15) is 17.5 Å². The third-order valence-corrected chi connectivity index (χ3v) is 3.69. The predicted molar refractivity (Wildman–Crippen MR) is 100 cm³/mol. The molecule has 2 N–H and O–H groups in total. The lowest BCUT2D eigenvalue weighted by Gasteiger charge is -2.07. The van der Waals surface area contributed by atoms with Crippen molar-refractivity contribution in [1.82, 2.24) is 5.32 Å². The topological polar surface area (TPSA) is 82.0 Å². The molecule has 2 aromatic rings. The first-order valence-electron chi connectivity index (χ1n) is 7.54. The molecule has 5 nitrogen and oxygen atoms in total. The molecule has 0 saturated carbocycles. The van der Waals surface area contributed by atoms with Gasteiger partial charge in [-0.1, -0.05) is 40.2 Å². The summed E-state index contributed by atoms with van der Waals surface area (Å²) in [6, 6.07) is 16.5. The Kier molecular flexibility index (Phi) is 6.93. The number of rotatable bonds is 6. The van der Waals surface area contributed by atoms with E-state index in [1.54, 1.807) is 30.3 Å². The lowest BCUT2D eigenvalue weighted by Crippen LogP contribution is -2.20. The molecule has 0 unspecified atom stereocenters. The molecular weight excluding hydrogens is 382 g/mol. The molecule has 0 bridgehead atoms. The van der Waals surface area contributed by atoms with E-state index >= 15 is 0 Å². The lowest BCUT2D eigenvalue weighted by atomic mass is 10.2. The molecule has 0 fully saturated rings. The maximum Gasteiger partial charge on any atom is 0.244 e. The van der Waals surface area contributed by atoms with Crippen LogP contribution in [0.5, 0.6) is 0 Å². The molecular formula is C19H16BrN3O2. The van der Waals surface area contributed by atoms with Gasteiger partial charge in [-0.15, -0.1) is 0 Å². The van der Waals surface area contributed by atoms with Crippen molar-refractivity contribution in [1.29, 1.82) is 5.26 Å². The van der Waals surface area contributed by atoms with Crippen LogP contribution in [0.2, 0.25) is 0 Å². The van der Waals surface area contributed by atoms with Crippen molar-refractivity contribution in [3.8, 4) is 6.07 Å². The second-order valence-corrected chi connectivity index (χ2v) is 6.11. The highest BCUT2D eigenvalue weighted by atomic mass is 79.9. The van der Waals surface area contributed by atoms with Gasteiger partial charge in [-0.25, -0.2) is 0 Å². The Bertz CT molecular complexity index is 841. The van der Waals surface area contributed by atoms with E-state index in [-0.39, 0.29) is 18.2 Å². The number of nitrogens with zero attached hydrogens (tertiary/aromatic N) is 1. The molecule has 0 aliphatic heterocycles. The van der Waals surface area contributed by atoms with Gasteiger partial charge in [-0.2, -0.15) is 5.26 Å². The van der Waals surface area contributed by atoms with Gasteiger partial charge in [0.15, 0.2) is 0 Å². The normalized spacial score (nSPS) is 10.2. The first-order chi connectivity index (χ1) is 12.1. The molecule has 2 rings (SSSR count). The minimum absolute atomic E-state index is 0.193. The number of nitrogens with one attached hydrogen (secondary N) is 2. The Morgan fingerprint density at radius 3 is 2.72 bits per heavy atom. The van der Waals surface area contributed by atoms with Gasteiger partial charge in [-0.3, -0.25) is 9.59 Å². The van der Waals surface area contributed by atoms with Gasteiger partial charge in [0.2, 0.25) is 11.8 Å². The Hall–Kier alpha value is -2.91. The number of anilines is 1. The zero-order chi connectivity index (χ0) is 18.1. The first-order valence-corrected chi connectivity index (χ1v) is 8.33. The van der Waals surface area contributed by atoms with Crippen LogP contribution in [-0.4, -0.2) is 11.8 Å². The Balaban J connectivity index is 1.89. The molecule has 0 spiro atoms. The van der Waals surface area contributed by atoms with Crippen LogP contribution in [0.25, 0.3) is 6.08 Å². The van der Waals surface area contributed by atoms with E-state index in [4.69, 9.17) is 5.26 Å². The molecule has 0 saturated heterocycles. The molecule has 126 valence electrons. The Labute approximate surface area is 154 Å². The molecule has 0 heterocycles. The van der Waals surface area contributed by atoms with E-state index in [0.29, 0.717) is 12.2 Å². The smallest absolute Gasteiger partial charge is 0.244 e. The summed E-state index contributed by atoms with van der Waals surface area (Å²) in [7, 11) is 0. The third kappa shape index (κ3) is 6.61. The summed E-state index contributed by atoms with van der Waals surface area (Å²) in [5, 5.41) is 13.9. The van der Waals surface area contributed by atoms with Crippen molar-refractivity contribution in [2.45, 2.75) is 13.0 Å². The second kappa shape index (κ2) is 9.40. The van der Waals surface area contributed by atoms with Crippen LogP contribution >= 0.6 is 15.9 Å². The number of hydrogen-bond acceptors (Lipinski definition) is 3. The number of amides is 2. The highest BCUT2D eigenvalue weighted by molar-refractivity contribution is 9.10. The van der Waals surface area contributed by atoms with Crippen LogP contribution in [0.3, 0.4) is 0 Å². The molecule has 0 aliphatic rings. The average Bonchev–Trinajstić information content (AvgIpc) is 2.59. The zero-order valence-corrected chi connectivity index (χ0v) is 14.9. The van der Waals surface area contributed by atoms with E-state index in [1.165, 1.54) is 6.08 Å². The van der Waals surface area contributed by atoms with Crippen molar-refractivity contribution < 1.29 is 9.59 Å². The van der Waals surface area contributed by atoms with E-state index in [0.717, 1.165) is 15.6 Å². The fourth-order valence-corrected chi connectivity index (χ4v) is 2.48. The minimum atomic E-state index is -0.361. The molecule has 25 heavy (non-hydrogen) atoms. The zero-order valence-electron chi connectivity index (χ0n) is 13.3. The fourth-order valence-electron chi connectivity index (χ4n) is 2.07. The van der Waals surface area contributed by atoms with Gasteiger partial charge in [0.1, 0.15) is 6.42 Å². The molecule has 0 aliphatic carbocycles. The Morgan fingerprint density at radius 1 is 1.16 bits per heavy atom. The number of hydrogen-bond donors (Lipinski definition) is 2. The summed E-state index contributed by atoms with van der Waals surface area (Å²) >= 11 is 3.38. The van der Waals surface area contributed by atoms with Crippen molar-refractivity contribution in [2.75, 3.05) is 5.32 Å². The van der Waals surface area contributed by atoms with E-state index in [1.807, 2.05) is 30.3 Å². The maximum absolute atomic E-state index is 11.9. The van der Waals surface area contributed by atoms with Gasteiger partial charge in [-0.05, 0) is 41.5 Å². The predicted octanol–water partition coefficient (Wildman–Crippen LogP) is 3.63. The summed E-state index contributed by atoms with van der Waals surface area (Å²) in [6.07, 6.45) is 3.01. The van der Waals surface area contributed by atoms with Crippen molar-refractivity contribution >= 4 is 39.5 Å². The number of carbonyl (C=O) groups is 2. The van der Waals surface area contributed by atoms with Gasteiger partial charge < -0.3 is 10.6 Å². The van der Waals surface area contributed by atoms with Crippen LogP contribution in [-0.2, 0) is 16.1 Å². The second-order valence-electron chi connectivity index (χ2n) is 5.19. The van der Waals surface area contributed by atoms with Gasteiger partial charge in [0.25, 0.3) is 0 Å². The van der Waals surface area contributed by atoms with Gasteiger partial charge >= 0.3 is 0 Å². The Morgan fingerprint density at radius 2 is 1.96 bits per heavy atom. The highest BCUT2D eigenvalue weighted by Gasteiger charge is 2.03. The van der Waals surface area contributed by atoms with Gasteiger partial charge in [0.05, 0.1) is 6.07 Å². The largest absolute Gasteiger partial charge is 0.348 e. The lowest BCUT2D eigenvalue weighted by molar-refractivity contribution is -0.117. The van der Waals surface area contributed by atoms with Crippen LogP contribution in [0.15, 0.2) is 59.1 Å². The summed E-state index contributed by atoms with van der Waals surface area (Å²) < 4.78 is 0.949. The minimum Gasteiger partial charge on any atom is -0.348 e. The molecule has 2 aromatic carbocycles. The number of nitriles is 1. The van der Waals surface area contributed by atoms with Crippen LogP contribution in [0.4, 0.5) is 5.69 Å². The maximum atomic E-state index is 11.9. The molecule has 6 heteroatoms. The summed E-state index contributed by atoms with van der Waals surface area (Å²) in [4.78, 5) is 23.3. The van der Waals surface area contributed by atoms with Crippen molar-refractivity contribution in [2.24, 2.45) is 0 Å². The van der Waals surface area contributed by atoms with Crippen LogP contribution < -0.4 is 10.6 Å². The van der Waals surface area contributed by atoms with Crippen LogP contribution in [0, 0.1) is 11.3 Å². The quantitative estimate of drug-likeness (QED) is 0.730. The molecule has 0 aromatic heterocycles. The van der Waals surface area contributed by atoms with E-state index < -0.39 is 0 Å². The first kappa shape index (κ1) is 18.4. The van der Waals surface area contributed by atoms with E-state index in [2.05, 4.69) is 26.6 Å². The molecule has 2 amide bonds. The van der Waals surface area contributed by atoms with Crippen molar-refractivity contribution in [3.63, 3.8) is 0 Å². The monoisotopic (exact) mass is 397 g/mol. The van der Waals surface area contributed by atoms with Gasteiger partial charge in [0, 0.05) is 22.8 Å².